The fourth-order valence-electron chi connectivity index (χ4n) is 1.57. The molecule has 0 aliphatic rings. The summed E-state index contributed by atoms with van der Waals surface area (Å²) in [5.74, 6) is 0.582. The second-order valence-corrected chi connectivity index (χ2v) is 4.46. The Bertz CT molecular complexity index is 667. The van der Waals surface area contributed by atoms with E-state index < -0.39 is 4.92 Å². The minimum Gasteiger partial charge on any atom is -0.456 e. The molecule has 0 aliphatic carbocycles. The van der Waals surface area contributed by atoms with E-state index in [-0.39, 0.29) is 22.2 Å². The largest absolute Gasteiger partial charge is 0.456 e. The molecule has 0 unspecified atom stereocenters. The predicted molar refractivity (Wildman–Crippen MR) is 74.6 cm³/mol. The number of nitro benzene ring substituents is 1. The van der Waals surface area contributed by atoms with Gasteiger partial charge in [-0.2, -0.15) is 0 Å². The van der Waals surface area contributed by atoms with Crippen molar-refractivity contribution in [2.24, 2.45) is 0 Å². The van der Waals surface area contributed by atoms with Gasteiger partial charge in [-0.15, -0.1) is 0 Å². The van der Waals surface area contributed by atoms with Crippen molar-refractivity contribution < 1.29 is 14.5 Å². The number of ketones is 1. The summed E-state index contributed by atoms with van der Waals surface area (Å²) in [6.45, 7) is 1.47. The Kier molecular flexibility index (Phi) is 4.00. The topological polar surface area (TPSA) is 69.4 Å². The van der Waals surface area contributed by atoms with E-state index in [2.05, 4.69) is 0 Å². The molecule has 0 saturated carbocycles. The maximum Gasteiger partial charge on any atom is 0.273 e. The molecule has 2 aromatic carbocycles. The zero-order chi connectivity index (χ0) is 14.7. The Balaban J connectivity index is 2.27. The molecule has 0 N–H and O–H groups in total. The number of nitro groups is 1. The lowest BCUT2D eigenvalue weighted by Crippen LogP contribution is -1.93. The van der Waals surface area contributed by atoms with Crippen LogP contribution in [-0.4, -0.2) is 10.7 Å². The van der Waals surface area contributed by atoms with E-state index in [1.54, 1.807) is 24.3 Å². The highest BCUT2D eigenvalue weighted by atomic mass is 35.5. The normalized spacial score (nSPS) is 10.1. The van der Waals surface area contributed by atoms with Crippen LogP contribution < -0.4 is 4.74 Å². The Morgan fingerprint density at radius 2 is 1.85 bits per heavy atom. The monoisotopic (exact) mass is 291 g/mol. The molecule has 0 saturated heterocycles. The standard InChI is InChI=1S/C14H10ClNO4/c1-9(17)10-2-5-12(6-3-10)20-14-8-11(16(18)19)4-7-13(14)15/h2-8H,1H3. The number of ether oxygens (including phenoxy) is 1. The molecule has 0 heterocycles. The lowest BCUT2D eigenvalue weighted by atomic mass is 10.1. The maximum atomic E-state index is 11.2. The number of benzene rings is 2. The number of hydrogen-bond acceptors (Lipinski definition) is 4. The number of Topliss-reactive ketones (excluding diaryl/α,β-unsaturated/α-hetero) is 1. The van der Waals surface area contributed by atoms with Gasteiger partial charge in [-0.05, 0) is 37.3 Å². The highest BCUT2D eigenvalue weighted by Crippen LogP contribution is 2.32. The number of carbonyl (C=O) groups excluding carboxylic acids is 1. The van der Waals surface area contributed by atoms with Crippen LogP contribution in [0.3, 0.4) is 0 Å². The Morgan fingerprint density at radius 3 is 2.40 bits per heavy atom. The first kappa shape index (κ1) is 14.0. The number of non-ortho nitro benzene ring substituents is 1. The quantitative estimate of drug-likeness (QED) is 0.480. The van der Waals surface area contributed by atoms with Gasteiger partial charge in [0.15, 0.2) is 11.5 Å². The van der Waals surface area contributed by atoms with Gasteiger partial charge in [-0.25, -0.2) is 0 Å². The first-order valence-electron chi connectivity index (χ1n) is 5.70. The summed E-state index contributed by atoms with van der Waals surface area (Å²) in [6.07, 6.45) is 0. The van der Waals surface area contributed by atoms with Crippen molar-refractivity contribution >= 4 is 23.1 Å². The summed E-state index contributed by atoms with van der Waals surface area (Å²) in [7, 11) is 0. The third kappa shape index (κ3) is 3.13. The average molecular weight is 292 g/mol. The molecular formula is C14H10ClNO4. The van der Waals surface area contributed by atoms with E-state index in [0.29, 0.717) is 11.3 Å². The SMILES string of the molecule is CC(=O)c1ccc(Oc2cc([N+](=O)[O-])ccc2Cl)cc1. The molecule has 6 heteroatoms. The highest BCUT2D eigenvalue weighted by Gasteiger charge is 2.11. The van der Waals surface area contributed by atoms with Crippen molar-refractivity contribution in [3.63, 3.8) is 0 Å². The van der Waals surface area contributed by atoms with Crippen molar-refractivity contribution in [1.82, 2.24) is 0 Å². The van der Waals surface area contributed by atoms with Crippen LogP contribution in [0.15, 0.2) is 42.5 Å². The minimum atomic E-state index is -0.526. The first-order valence-corrected chi connectivity index (χ1v) is 6.08. The van der Waals surface area contributed by atoms with Gasteiger partial charge in [0.1, 0.15) is 5.75 Å². The molecular weight excluding hydrogens is 282 g/mol. The van der Waals surface area contributed by atoms with Crippen LogP contribution in [0.1, 0.15) is 17.3 Å². The van der Waals surface area contributed by atoms with Crippen LogP contribution in [0.2, 0.25) is 5.02 Å². The van der Waals surface area contributed by atoms with E-state index in [0.717, 1.165) is 0 Å². The van der Waals surface area contributed by atoms with Crippen LogP contribution in [0, 0.1) is 10.1 Å². The Labute approximate surface area is 119 Å². The molecule has 102 valence electrons. The molecule has 0 fully saturated rings. The van der Waals surface area contributed by atoms with E-state index in [1.165, 1.54) is 25.1 Å². The van der Waals surface area contributed by atoms with Crippen molar-refractivity contribution in [3.05, 3.63) is 63.2 Å². The second-order valence-electron chi connectivity index (χ2n) is 4.05. The number of hydrogen-bond donors (Lipinski definition) is 0. The Morgan fingerprint density at radius 1 is 1.20 bits per heavy atom. The molecule has 0 aromatic heterocycles. The van der Waals surface area contributed by atoms with Gasteiger partial charge in [-0.1, -0.05) is 11.6 Å². The summed E-state index contributed by atoms with van der Waals surface area (Å²) in [6, 6.07) is 10.4. The van der Waals surface area contributed by atoms with Crippen molar-refractivity contribution in [3.8, 4) is 11.5 Å². The smallest absolute Gasteiger partial charge is 0.273 e. The number of halogens is 1. The third-order valence-corrected chi connectivity index (χ3v) is 2.93. The first-order chi connectivity index (χ1) is 9.47. The van der Waals surface area contributed by atoms with Crippen LogP contribution in [0.4, 0.5) is 5.69 Å². The summed E-state index contributed by atoms with van der Waals surface area (Å²) in [5.41, 5.74) is 0.451. The summed E-state index contributed by atoms with van der Waals surface area (Å²) in [5, 5.41) is 11.0. The van der Waals surface area contributed by atoms with Crippen molar-refractivity contribution in [2.45, 2.75) is 6.92 Å². The fourth-order valence-corrected chi connectivity index (χ4v) is 1.72. The molecule has 2 aromatic rings. The highest BCUT2D eigenvalue weighted by molar-refractivity contribution is 6.32. The summed E-state index contributed by atoms with van der Waals surface area (Å²) >= 11 is 5.93. The maximum absolute atomic E-state index is 11.2. The molecule has 0 bridgehead atoms. The number of rotatable bonds is 4. The molecule has 0 aliphatic heterocycles. The summed E-state index contributed by atoms with van der Waals surface area (Å²) in [4.78, 5) is 21.3. The number of carbonyl (C=O) groups is 1. The minimum absolute atomic E-state index is 0.0510. The predicted octanol–water partition coefficient (Wildman–Crippen LogP) is 4.24. The summed E-state index contributed by atoms with van der Waals surface area (Å²) < 4.78 is 5.49. The molecule has 0 amide bonds. The molecule has 5 nitrogen and oxygen atoms in total. The van der Waals surface area contributed by atoms with E-state index in [1.807, 2.05) is 0 Å². The van der Waals surface area contributed by atoms with Gasteiger partial charge in [-0.3, -0.25) is 14.9 Å². The number of nitrogens with zero attached hydrogens (tertiary/aromatic N) is 1. The van der Waals surface area contributed by atoms with Crippen molar-refractivity contribution in [2.75, 3.05) is 0 Å². The lowest BCUT2D eigenvalue weighted by Gasteiger charge is -2.07. The van der Waals surface area contributed by atoms with Gasteiger partial charge >= 0.3 is 0 Å². The average Bonchev–Trinajstić information content (AvgIpc) is 2.41. The van der Waals surface area contributed by atoms with Crippen molar-refractivity contribution in [1.29, 1.82) is 0 Å². The Hall–Kier alpha value is -2.40. The van der Waals surface area contributed by atoms with Gasteiger partial charge in [0.05, 0.1) is 16.0 Å². The van der Waals surface area contributed by atoms with Crippen LogP contribution in [0.25, 0.3) is 0 Å². The van der Waals surface area contributed by atoms with E-state index in [9.17, 15) is 14.9 Å². The molecule has 0 atom stereocenters. The zero-order valence-electron chi connectivity index (χ0n) is 10.5. The molecule has 20 heavy (non-hydrogen) atoms. The second kappa shape index (κ2) is 5.71. The van der Waals surface area contributed by atoms with Gasteiger partial charge < -0.3 is 4.74 Å². The lowest BCUT2D eigenvalue weighted by molar-refractivity contribution is -0.384. The van der Waals surface area contributed by atoms with Gasteiger partial charge in [0, 0.05) is 11.6 Å². The molecule has 0 spiro atoms. The molecule has 2 rings (SSSR count). The van der Waals surface area contributed by atoms with Gasteiger partial charge in [0.25, 0.3) is 5.69 Å². The van der Waals surface area contributed by atoms with Crippen LogP contribution >= 0.6 is 11.6 Å². The zero-order valence-corrected chi connectivity index (χ0v) is 11.3. The van der Waals surface area contributed by atoms with Crippen LogP contribution in [-0.2, 0) is 0 Å². The fraction of sp³-hybridized carbons (Fsp3) is 0.0714. The molecule has 0 radical (unpaired) electrons. The van der Waals surface area contributed by atoms with E-state index in [4.69, 9.17) is 16.3 Å². The van der Waals surface area contributed by atoms with Crippen LogP contribution in [0.5, 0.6) is 11.5 Å². The van der Waals surface area contributed by atoms with Gasteiger partial charge in [0.2, 0.25) is 0 Å². The van der Waals surface area contributed by atoms with E-state index >= 15 is 0 Å². The third-order valence-electron chi connectivity index (χ3n) is 2.61.